The van der Waals surface area contributed by atoms with E-state index in [-0.39, 0.29) is 17.2 Å². The number of carbonyl (C=O) groups is 2. The maximum Gasteiger partial charge on any atom is 0.348 e. The number of anilines is 1. The van der Waals surface area contributed by atoms with Crippen LogP contribution in [0.4, 0.5) is 9.39 Å². The maximum atomic E-state index is 13.7. The van der Waals surface area contributed by atoms with Crippen molar-refractivity contribution < 1.29 is 18.7 Å². The van der Waals surface area contributed by atoms with Crippen LogP contribution in [0, 0.1) is 12.7 Å². The number of benzene rings is 1. The topological polar surface area (TPSA) is 55.4 Å². The van der Waals surface area contributed by atoms with E-state index in [1.54, 1.807) is 19.9 Å². The molecule has 1 amide bonds. The summed E-state index contributed by atoms with van der Waals surface area (Å²) in [7, 11) is 0. The summed E-state index contributed by atoms with van der Waals surface area (Å²) in [4.78, 5) is 24.3. The fourth-order valence-electron chi connectivity index (χ4n) is 1.83. The highest BCUT2D eigenvalue weighted by molar-refractivity contribution is 7.18. The Bertz CT molecular complexity index is 709. The number of nitrogens with one attached hydrogen (secondary N) is 1. The Morgan fingerprint density at radius 2 is 2.14 bits per heavy atom. The quantitative estimate of drug-likeness (QED) is 0.844. The standard InChI is InChI=1S/C15H13ClFNO3S/c1-3-21-15(20)13-8(2)7-11(22-13)18-14(19)12-9(16)5-4-6-10(12)17/h4-7H,3H2,1-2H3,(H,18,19). The second-order valence-corrected chi connectivity index (χ2v) is 5.85. The Kier molecular flexibility index (Phi) is 5.15. The van der Waals surface area contributed by atoms with Gasteiger partial charge in [0.1, 0.15) is 10.7 Å². The molecule has 2 aromatic rings. The molecule has 0 saturated carbocycles. The van der Waals surface area contributed by atoms with Crippen LogP contribution in [0.5, 0.6) is 0 Å². The van der Waals surface area contributed by atoms with E-state index in [4.69, 9.17) is 16.3 Å². The lowest BCUT2D eigenvalue weighted by Crippen LogP contribution is -2.13. The van der Waals surface area contributed by atoms with Gasteiger partial charge in [0.15, 0.2) is 0 Å². The second-order valence-electron chi connectivity index (χ2n) is 4.39. The van der Waals surface area contributed by atoms with E-state index in [0.717, 1.165) is 17.4 Å². The van der Waals surface area contributed by atoms with E-state index in [1.165, 1.54) is 12.1 Å². The van der Waals surface area contributed by atoms with Crippen molar-refractivity contribution in [2.24, 2.45) is 0 Å². The van der Waals surface area contributed by atoms with Crippen LogP contribution >= 0.6 is 22.9 Å². The first kappa shape index (κ1) is 16.5. The third-order valence-corrected chi connectivity index (χ3v) is 4.25. The van der Waals surface area contributed by atoms with Crippen LogP contribution < -0.4 is 5.32 Å². The molecule has 1 aromatic heterocycles. The van der Waals surface area contributed by atoms with E-state index in [1.807, 2.05) is 0 Å². The molecular weight excluding hydrogens is 329 g/mol. The maximum absolute atomic E-state index is 13.7. The van der Waals surface area contributed by atoms with E-state index >= 15 is 0 Å². The first-order chi connectivity index (χ1) is 10.4. The molecule has 2 rings (SSSR count). The zero-order valence-corrected chi connectivity index (χ0v) is 13.5. The van der Waals surface area contributed by atoms with Gasteiger partial charge in [0, 0.05) is 0 Å². The molecule has 0 atom stereocenters. The van der Waals surface area contributed by atoms with Gasteiger partial charge in [0.05, 0.1) is 22.2 Å². The van der Waals surface area contributed by atoms with Gasteiger partial charge < -0.3 is 10.1 Å². The fraction of sp³-hybridized carbons (Fsp3) is 0.200. The Balaban J connectivity index is 2.23. The van der Waals surface area contributed by atoms with Crippen molar-refractivity contribution in [3.63, 3.8) is 0 Å². The van der Waals surface area contributed by atoms with Gasteiger partial charge in [-0.05, 0) is 37.6 Å². The lowest BCUT2D eigenvalue weighted by Gasteiger charge is -2.05. The van der Waals surface area contributed by atoms with Gasteiger partial charge in [0.25, 0.3) is 5.91 Å². The van der Waals surface area contributed by atoms with E-state index in [2.05, 4.69) is 5.32 Å². The summed E-state index contributed by atoms with van der Waals surface area (Å²) in [5.74, 6) is -1.82. The number of esters is 1. The number of amides is 1. The molecule has 1 N–H and O–H groups in total. The molecule has 0 aliphatic rings. The summed E-state index contributed by atoms with van der Waals surface area (Å²) < 4.78 is 18.6. The Morgan fingerprint density at radius 1 is 1.41 bits per heavy atom. The highest BCUT2D eigenvalue weighted by atomic mass is 35.5. The van der Waals surface area contributed by atoms with Gasteiger partial charge in [-0.25, -0.2) is 9.18 Å². The minimum atomic E-state index is -0.705. The average Bonchev–Trinajstić information content (AvgIpc) is 2.79. The minimum absolute atomic E-state index is 0.0244. The molecule has 0 bridgehead atoms. The molecule has 22 heavy (non-hydrogen) atoms. The first-order valence-corrected chi connectivity index (χ1v) is 7.66. The van der Waals surface area contributed by atoms with Crippen molar-refractivity contribution in [3.05, 3.63) is 51.1 Å². The van der Waals surface area contributed by atoms with Gasteiger partial charge in [-0.2, -0.15) is 0 Å². The summed E-state index contributed by atoms with van der Waals surface area (Å²) in [6, 6.07) is 5.64. The molecule has 116 valence electrons. The third kappa shape index (κ3) is 3.45. The molecule has 0 radical (unpaired) electrons. The lowest BCUT2D eigenvalue weighted by molar-refractivity contribution is 0.0531. The Morgan fingerprint density at radius 3 is 2.77 bits per heavy atom. The fourth-order valence-corrected chi connectivity index (χ4v) is 3.04. The summed E-state index contributed by atoms with van der Waals surface area (Å²) in [6.07, 6.45) is 0. The van der Waals surface area contributed by atoms with Crippen LogP contribution in [-0.4, -0.2) is 18.5 Å². The van der Waals surface area contributed by atoms with E-state index < -0.39 is 17.7 Å². The highest BCUT2D eigenvalue weighted by Crippen LogP contribution is 2.29. The molecule has 0 aliphatic heterocycles. The highest BCUT2D eigenvalue weighted by Gasteiger charge is 2.19. The number of ether oxygens (including phenoxy) is 1. The molecule has 1 aromatic carbocycles. The average molecular weight is 342 g/mol. The number of carbonyl (C=O) groups excluding carboxylic acids is 2. The summed E-state index contributed by atoms with van der Waals surface area (Å²) in [5.41, 5.74) is 0.450. The van der Waals surface area contributed by atoms with Crippen LogP contribution in [0.15, 0.2) is 24.3 Å². The third-order valence-electron chi connectivity index (χ3n) is 2.81. The predicted octanol–water partition coefficient (Wildman–Crippen LogP) is 4.28. The second kappa shape index (κ2) is 6.89. The lowest BCUT2D eigenvalue weighted by atomic mass is 10.2. The number of thiophene rings is 1. The summed E-state index contributed by atoms with van der Waals surface area (Å²) in [6.45, 7) is 3.71. The molecule has 0 fully saturated rings. The Hall–Kier alpha value is -1.92. The minimum Gasteiger partial charge on any atom is -0.462 e. The molecule has 1 heterocycles. The van der Waals surface area contributed by atoms with Gasteiger partial charge in [0.2, 0.25) is 0 Å². The SMILES string of the molecule is CCOC(=O)c1sc(NC(=O)c2c(F)cccc2Cl)cc1C. The zero-order chi connectivity index (χ0) is 16.3. The van der Waals surface area contributed by atoms with Crippen molar-refractivity contribution in [2.45, 2.75) is 13.8 Å². The van der Waals surface area contributed by atoms with E-state index in [9.17, 15) is 14.0 Å². The van der Waals surface area contributed by atoms with Crippen LogP contribution in [0.25, 0.3) is 0 Å². The van der Waals surface area contributed by atoms with Gasteiger partial charge in [-0.15, -0.1) is 11.3 Å². The molecular formula is C15H13ClFNO3S. The summed E-state index contributed by atoms with van der Waals surface area (Å²) >= 11 is 6.92. The number of aryl methyl sites for hydroxylation is 1. The number of rotatable bonds is 4. The predicted molar refractivity (Wildman–Crippen MR) is 84.4 cm³/mol. The molecule has 0 unspecified atom stereocenters. The first-order valence-electron chi connectivity index (χ1n) is 6.47. The molecule has 0 spiro atoms. The number of halogens is 2. The molecule has 0 aliphatic carbocycles. The van der Waals surface area contributed by atoms with Gasteiger partial charge in [-0.1, -0.05) is 17.7 Å². The van der Waals surface area contributed by atoms with Crippen molar-refractivity contribution in [1.82, 2.24) is 0 Å². The molecule has 7 heteroatoms. The smallest absolute Gasteiger partial charge is 0.348 e. The Labute approximate surface area is 135 Å². The largest absolute Gasteiger partial charge is 0.462 e. The van der Waals surface area contributed by atoms with Gasteiger partial charge in [-0.3, -0.25) is 4.79 Å². The van der Waals surface area contributed by atoms with Crippen LogP contribution in [0.2, 0.25) is 5.02 Å². The van der Waals surface area contributed by atoms with Crippen molar-refractivity contribution in [3.8, 4) is 0 Å². The normalized spacial score (nSPS) is 10.4. The van der Waals surface area contributed by atoms with E-state index in [0.29, 0.717) is 15.4 Å². The van der Waals surface area contributed by atoms with Crippen molar-refractivity contribution >= 4 is 39.8 Å². The molecule has 4 nitrogen and oxygen atoms in total. The van der Waals surface area contributed by atoms with Crippen LogP contribution in [-0.2, 0) is 4.74 Å². The van der Waals surface area contributed by atoms with Crippen LogP contribution in [0.3, 0.4) is 0 Å². The number of hydrogen-bond donors (Lipinski definition) is 1. The van der Waals surface area contributed by atoms with Crippen molar-refractivity contribution in [1.29, 1.82) is 0 Å². The molecule has 0 saturated heterocycles. The number of hydrogen-bond acceptors (Lipinski definition) is 4. The van der Waals surface area contributed by atoms with Gasteiger partial charge >= 0.3 is 5.97 Å². The zero-order valence-electron chi connectivity index (χ0n) is 11.9. The monoisotopic (exact) mass is 341 g/mol. The van der Waals surface area contributed by atoms with Crippen molar-refractivity contribution in [2.75, 3.05) is 11.9 Å². The summed E-state index contributed by atoms with van der Waals surface area (Å²) in [5, 5.41) is 2.99. The van der Waals surface area contributed by atoms with Crippen LogP contribution in [0.1, 0.15) is 32.5 Å².